The fourth-order valence-corrected chi connectivity index (χ4v) is 6.24. The molecular weight excluding hydrogens is 532 g/mol. The van der Waals surface area contributed by atoms with Crippen LogP contribution in [0.5, 0.6) is 0 Å². The molecule has 8 nitrogen and oxygen atoms in total. The van der Waals surface area contributed by atoms with Crippen molar-refractivity contribution in [2.45, 2.75) is 112 Å². The second-order valence-corrected chi connectivity index (χ2v) is 13.6. The van der Waals surface area contributed by atoms with Crippen molar-refractivity contribution in [3.05, 3.63) is 0 Å². The fraction of sp³-hybridized carbons (Fsp3) is 0.862. The van der Waals surface area contributed by atoms with E-state index in [9.17, 15) is 19.8 Å². The van der Waals surface area contributed by atoms with E-state index in [0.29, 0.717) is 49.2 Å². The van der Waals surface area contributed by atoms with Crippen molar-refractivity contribution in [3.8, 4) is 0 Å². The molecule has 2 amide bonds. The van der Waals surface area contributed by atoms with Crippen molar-refractivity contribution in [1.82, 2.24) is 19.6 Å². The normalized spacial score (nSPS) is 18.7. The summed E-state index contributed by atoms with van der Waals surface area (Å²) >= 11 is 10.9. The van der Waals surface area contributed by atoms with Gasteiger partial charge in [-0.3, -0.25) is 19.4 Å². The summed E-state index contributed by atoms with van der Waals surface area (Å²) < 4.78 is 0. The van der Waals surface area contributed by atoms with Crippen molar-refractivity contribution >= 4 is 46.5 Å². The molecule has 2 aliphatic heterocycles. The second kappa shape index (κ2) is 15.0. The molecule has 2 heterocycles. The Bertz CT molecular complexity index is 798. The lowest BCUT2D eigenvalue weighted by Gasteiger charge is -2.31. The summed E-state index contributed by atoms with van der Waals surface area (Å²) in [6, 6.07) is 0. The van der Waals surface area contributed by atoms with E-state index in [0.717, 1.165) is 58.0 Å². The van der Waals surface area contributed by atoms with Crippen molar-refractivity contribution in [3.63, 3.8) is 0 Å². The van der Waals surface area contributed by atoms with Gasteiger partial charge in [-0.25, -0.2) is 0 Å². The minimum atomic E-state index is -0.374. The Hall–Kier alpha value is -1.36. The smallest absolute Gasteiger partial charge is 0.248 e. The number of nitrogens with zero attached hydrogens (tertiary/aromatic N) is 4. The number of likely N-dealkylation sites (N-methyl/N-ethyl adjacent to an activating group) is 2. The monoisotopic (exact) mass is 584 g/mol. The minimum absolute atomic E-state index is 0.0739. The molecule has 2 saturated heterocycles. The molecule has 2 atom stereocenters. The average Bonchev–Trinajstić information content (AvgIpc) is 3.27. The van der Waals surface area contributed by atoms with Gasteiger partial charge in [0.15, 0.2) is 10.2 Å². The van der Waals surface area contributed by atoms with E-state index in [1.807, 2.05) is 23.6 Å². The molecule has 2 unspecified atom stereocenters. The van der Waals surface area contributed by atoms with Crippen LogP contribution < -0.4 is 0 Å². The first-order valence-electron chi connectivity index (χ1n) is 14.7. The van der Waals surface area contributed by atoms with Gasteiger partial charge in [0, 0.05) is 26.2 Å². The lowest BCUT2D eigenvalue weighted by Crippen LogP contribution is -2.39. The Balaban J connectivity index is 1.59. The molecule has 2 rings (SSSR count). The van der Waals surface area contributed by atoms with E-state index in [4.69, 9.17) is 24.4 Å². The molecule has 39 heavy (non-hydrogen) atoms. The van der Waals surface area contributed by atoms with Crippen LogP contribution in [0.4, 0.5) is 0 Å². The predicted molar refractivity (Wildman–Crippen MR) is 164 cm³/mol. The number of hydrogen-bond donors (Lipinski definition) is 2. The van der Waals surface area contributed by atoms with Gasteiger partial charge in [-0.1, -0.05) is 40.5 Å². The number of rotatable bonds is 18. The number of carbonyl (C=O) groups excluding carboxylic acids is 2. The Morgan fingerprint density at radius 2 is 1.03 bits per heavy atom. The van der Waals surface area contributed by atoms with Gasteiger partial charge < -0.3 is 20.0 Å². The average molecular weight is 585 g/mol. The Kier molecular flexibility index (Phi) is 13.0. The molecule has 0 radical (unpaired) electrons. The molecule has 0 bridgehead atoms. The van der Waals surface area contributed by atoms with Crippen LogP contribution in [0.1, 0.15) is 99.3 Å². The van der Waals surface area contributed by atoms with Crippen LogP contribution in [0.15, 0.2) is 0 Å². The number of amides is 2. The molecule has 0 aromatic carbocycles. The quantitative estimate of drug-likeness (QED) is 0.232. The van der Waals surface area contributed by atoms with Crippen molar-refractivity contribution in [2.24, 2.45) is 10.8 Å². The minimum Gasteiger partial charge on any atom is -0.393 e. The highest BCUT2D eigenvalue weighted by atomic mass is 32.1. The van der Waals surface area contributed by atoms with Crippen LogP contribution in [0.25, 0.3) is 0 Å². The highest BCUT2D eigenvalue weighted by Crippen LogP contribution is 2.29. The summed E-state index contributed by atoms with van der Waals surface area (Å²) in [7, 11) is 0. The lowest BCUT2D eigenvalue weighted by molar-refractivity contribution is -0.126. The maximum Gasteiger partial charge on any atom is 0.248 e. The molecule has 0 spiro atoms. The zero-order chi connectivity index (χ0) is 29.4. The van der Waals surface area contributed by atoms with Gasteiger partial charge >= 0.3 is 0 Å². The molecule has 10 heteroatoms. The third kappa shape index (κ3) is 10.5. The molecule has 2 aliphatic rings. The summed E-state index contributed by atoms with van der Waals surface area (Å²) in [6.07, 6.45) is 6.45. The van der Waals surface area contributed by atoms with Gasteiger partial charge in [0.1, 0.15) is 0 Å². The van der Waals surface area contributed by atoms with Crippen LogP contribution in [0.3, 0.4) is 0 Å². The highest BCUT2D eigenvalue weighted by molar-refractivity contribution is 7.80. The van der Waals surface area contributed by atoms with Gasteiger partial charge in [-0.05, 0) is 94.1 Å². The van der Waals surface area contributed by atoms with E-state index >= 15 is 0 Å². The Morgan fingerprint density at radius 3 is 1.33 bits per heavy atom. The highest BCUT2D eigenvalue weighted by Gasteiger charge is 2.36. The number of aliphatic hydroxyl groups excluding tert-OH is 2. The molecule has 0 aliphatic carbocycles. The van der Waals surface area contributed by atoms with Crippen LogP contribution >= 0.6 is 24.4 Å². The first-order valence-corrected chi connectivity index (χ1v) is 15.6. The Morgan fingerprint density at radius 1 is 0.692 bits per heavy atom. The Labute approximate surface area is 247 Å². The molecule has 2 N–H and O–H groups in total. The second-order valence-electron chi connectivity index (χ2n) is 12.9. The first-order chi connectivity index (χ1) is 18.2. The molecule has 224 valence electrons. The topological polar surface area (TPSA) is 87.6 Å². The third-order valence-electron chi connectivity index (χ3n) is 8.05. The summed E-state index contributed by atoms with van der Waals surface area (Å²) in [5.41, 5.74) is -0.148. The molecule has 2 fully saturated rings. The van der Waals surface area contributed by atoms with E-state index < -0.39 is 0 Å². The summed E-state index contributed by atoms with van der Waals surface area (Å²) in [5, 5.41) is 22.2. The SMILES string of the molecule is CCN1CC(=O)N(CC(C)(C)CCCC(O)CCCC(O)CCCC(C)(C)CN2C(=O)CN(CC)C2=S)C1=S. The molecular formula is C29H52N4O4S2. The zero-order valence-electron chi connectivity index (χ0n) is 25.1. The van der Waals surface area contributed by atoms with Gasteiger partial charge in [-0.15, -0.1) is 0 Å². The van der Waals surface area contributed by atoms with Gasteiger partial charge in [-0.2, -0.15) is 0 Å². The number of carbonyl (C=O) groups is 2. The van der Waals surface area contributed by atoms with Crippen molar-refractivity contribution in [2.75, 3.05) is 39.3 Å². The summed E-state index contributed by atoms with van der Waals surface area (Å²) in [6.45, 7) is 16.1. The standard InChI is InChI=1S/C29H52N4O4S2/c1-7-30-18-24(36)32(26(30)38)20-28(3,4)16-10-14-22(34)12-9-13-23(35)15-11-17-29(5,6)21-33-25(37)19-31(8-2)27(33)39/h22-23,34-35H,7-21H2,1-6H3. The summed E-state index contributed by atoms with van der Waals surface area (Å²) in [4.78, 5) is 32.0. The summed E-state index contributed by atoms with van der Waals surface area (Å²) in [5.74, 6) is 0.150. The number of hydrogen-bond acceptors (Lipinski definition) is 6. The van der Waals surface area contributed by atoms with Gasteiger partial charge in [0.25, 0.3) is 0 Å². The largest absolute Gasteiger partial charge is 0.393 e. The third-order valence-corrected chi connectivity index (χ3v) is 9.01. The molecule has 0 aromatic heterocycles. The van der Waals surface area contributed by atoms with E-state index in [1.54, 1.807) is 9.80 Å². The van der Waals surface area contributed by atoms with E-state index in [-0.39, 0.29) is 34.9 Å². The van der Waals surface area contributed by atoms with Crippen molar-refractivity contribution in [1.29, 1.82) is 0 Å². The van der Waals surface area contributed by atoms with Crippen LogP contribution in [-0.2, 0) is 9.59 Å². The lowest BCUT2D eigenvalue weighted by atomic mass is 9.85. The van der Waals surface area contributed by atoms with Gasteiger partial charge in [0.05, 0.1) is 25.3 Å². The fourth-order valence-electron chi connectivity index (χ4n) is 5.52. The van der Waals surface area contributed by atoms with E-state index in [2.05, 4.69) is 27.7 Å². The van der Waals surface area contributed by atoms with Crippen LogP contribution in [0, 0.1) is 10.8 Å². The predicted octanol–water partition coefficient (Wildman–Crippen LogP) is 4.17. The first kappa shape index (κ1) is 33.8. The van der Waals surface area contributed by atoms with Gasteiger partial charge in [0.2, 0.25) is 11.8 Å². The number of thiocarbonyl (C=S) groups is 2. The number of aliphatic hydroxyl groups is 2. The molecule has 0 saturated carbocycles. The molecule has 0 aromatic rings. The maximum absolute atomic E-state index is 12.3. The van der Waals surface area contributed by atoms with Crippen LogP contribution in [0.2, 0.25) is 0 Å². The van der Waals surface area contributed by atoms with Crippen LogP contribution in [-0.4, -0.2) is 103 Å². The maximum atomic E-state index is 12.3. The van der Waals surface area contributed by atoms with E-state index in [1.165, 1.54) is 0 Å². The zero-order valence-corrected chi connectivity index (χ0v) is 26.7. The van der Waals surface area contributed by atoms with Crippen molar-refractivity contribution < 1.29 is 19.8 Å².